The fraction of sp³-hybridized carbons (Fsp3) is 0.526. The van der Waals surface area contributed by atoms with Crippen LogP contribution in [0.4, 0.5) is 0 Å². The number of pyridine rings is 1. The van der Waals surface area contributed by atoms with Crippen molar-refractivity contribution in [1.29, 1.82) is 0 Å². The molecule has 0 aromatic carbocycles. The van der Waals surface area contributed by atoms with Crippen LogP contribution in [0.25, 0.3) is 0 Å². The number of carbonyl (C=O) groups excluding carboxylic acids is 1. The van der Waals surface area contributed by atoms with Crippen LogP contribution in [0.3, 0.4) is 0 Å². The summed E-state index contributed by atoms with van der Waals surface area (Å²) in [5.74, 6) is 1.21. The number of amides is 1. The third-order valence-corrected chi connectivity index (χ3v) is 6.00. The smallest absolute Gasteiger partial charge is 0.267 e. The molecule has 2 aromatic heterocycles. The first-order valence-electron chi connectivity index (χ1n) is 9.15. The number of aromatic nitrogens is 3. The minimum absolute atomic E-state index is 0. The lowest BCUT2D eigenvalue weighted by atomic mass is 9.62. The van der Waals surface area contributed by atoms with Gasteiger partial charge in [0.05, 0.1) is 6.54 Å². The topological polar surface area (TPSA) is 97.1 Å². The van der Waals surface area contributed by atoms with Crippen LogP contribution in [-0.2, 0) is 16.9 Å². The lowest BCUT2D eigenvalue weighted by Crippen LogP contribution is -2.58. The number of ether oxygens (including phenoxy) is 1. The summed E-state index contributed by atoms with van der Waals surface area (Å²) in [5, 5.41) is 0. The molecular weight excluding hydrogens is 366 g/mol. The van der Waals surface area contributed by atoms with E-state index in [1.807, 2.05) is 18.3 Å². The molecule has 2 bridgehead atoms. The molecule has 7 nitrogen and oxygen atoms in total. The van der Waals surface area contributed by atoms with Crippen molar-refractivity contribution in [2.45, 2.75) is 31.4 Å². The third-order valence-electron chi connectivity index (χ3n) is 6.00. The Kier molecular flexibility index (Phi) is 5.83. The molecule has 146 valence electrons. The van der Waals surface area contributed by atoms with Gasteiger partial charge in [0.15, 0.2) is 0 Å². The number of nitrogens with one attached hydrogen (secondary N) is 1. The van der Waals surface area contributed by atoms with Gasteiger partial charge in [0.2, 0.25) is 0 Å². The van der Waals surface area contributed by atoms with E-state index in [-0.39, 0.29) is 18.0 Å². The summed E-state index contributed by atoms with van der Waals surface area (Å²) in [6.45, 7) is 2.71. The van der Waals surface area contributed by atoms with Crippen LogP contribution in [0.15, 0.2) is 30.7 Å². The Labute approximate surface area is 165 Å². The Morgan fingerprint density at radius 3 is 2.67 bits per heavy atom. The molecular formula is C19H26ClN5O2. The normalized spacial score (nSPS) is 27.7. The largest absolute Gasteiger partial charge is 0.373 e. The molecule has 1 saturated carbocycles. The molecule has 1 aliphatic heterocycles. The Morgan fingerprint density at radius 1 is 1.33 bits per heavy atom. The number of methoxy groups -OCH3 is 1. The van der Waals surface area contributed by atoms with Crippen LogP contribution >= 0.6 is 12.4 Å². The van der Waals surface area contributed by atoms with Gasteiger partial charge in [-0.2, -0.15) is 0 Å². The summed E-state index contributed by atoms with van der Waals surface area (Å²) in [6.07, 6.45) is 8.74. The van der Waals surface area contributed by atoms with Gasteiger partial charge in [-0.3, -0.25) is 14.7 Å². The zero-order valence-corrected chi connectivity index (χ0v) is 16.2. The number of rotatable bonds is 5. The summed E-state index contributed by atoms with van der Waals surface area (Å²) in [4.78, 5) is 25.7. The molecule has 3 N–H and O–H groups in total. The zero-order valence-electron chi connectivity index (χ0n) is 15.4. The van der Waals surface area contributed by atoms with E-state index in [9.17, 15) is 4.79 Å². The van der Waals surface area contributed by atoms with Gasteiger partial charge in [0, 0.05) is 50.6 Å². The van der Waals surface area contributed by atoms with Crippen LogP contribution in [0.1, 0.15) is 41.1 Å². The van der Waals surface area contributed by atoms with Crippen molar-refractivity contribution >= 4 is 18.3 Å². The zero-order chi connectivity index (χ0) is 18.1. The molecule has 3 atom stereocenters. The van der Waals surface area contributed by atoms with E-state index >= 15 is 0 Å². The number of fused-ring (bicyclic) bond motifs is 2. The molecule has 27 heavy (non-hydrogen) atoms. The fourth-order valence-corrected chi connectivity index (χ4v) is 4.98. The van der Waals surface area contributed by atoms with E-state index < -0.39 is 5.91 Å². The quantitative estimate of drug-likeness (QED) is 0.813. The second kappa shape index (κ2) is 7.96. The van der Waals surface area contributed by atoms with Gasteiger partial charge in [-0.05, 0) is 30.5 Å². The second-order valence-electron chi connectivity index (χ2n) is 7.35. The third kappa shape index (κ3) is 3.47. The van der Waals surface area contributed by atoms with Crippen LogP contribution in [0.5, 0.6) is 0 Å². The van der Waals surface area contributed by atoms with Gasteiger partial charge >= 0.3 is 0 Å². The lowest BCUT2D eigenvalue weighted by molar-refractivity contribution is -0.170. The highest BCUT2D eigenvalue weighted by Gasteiger charge is 2.53. The Hall–Kier alpha value is -1.96. The molecule has 0 unspecified atom stereocenters. The molecule has 2 aromatic rings. The molecule has 4 rings (SSSR count). The number of nitrogens with zero attached hydrogens (tertiary/aromatic N) is 3. The number of hydrogen-bond donors (Lipinski definition) is 2. The molecule has 8 heteroatoms. The van der Waals surface area contributed by atoms with Gasteiger partial charge in [0.1, 0.15) is 17.1 Å². The molecule has 3 heterocycles. The van der Waals surface area contributed by atoms with Crippen molar-refractivity contribution in [2.75, 3.05) is 20.2 Å². The average Bonchev–Trinajstić information content (AvgIpc) is 3.14. The summed E-state index contributed by atoms with van der Waals surface area (Å²) in [6, 6.07) is 3.79. The number of imidazole rings is 1. The van der Waals surface area contributed by atoms with Crippen molar-refractivity contribution in [2.24, 2.45) is 17.6 Å². The van der Waals surface area contributed by atoms with Crippen LogP contribution < -0.4 is 5.73 Å². The number of primary amides is 1. The van der Waals surface area contributed by atoms with Crippen molar-refractivity contribution in [1.82, 2.24) is 19.9 Å². The summed E-state index contributed by atoms with van der Waals surface area (Å²) in [7, 11) is 1.79. The van der Waals surface area contributed by atoms with Crippen LogP contribution in [0.2, 0.25) is 0 Å². The number of nitrogens with two attached hydrogens (primary N) is 1. The van der Waals surface area contributed by atoms with Gasteiger partial charge in [-0.15, -0.1) is 12.4 Å². The van der Waals surface area contributed by atoms with E-state index in [0.29, 0.717) is 17.5 Å². The first-order chi connectivity index (χ1) is 12.6. The van der Waals surface area contributed by atoms with E-state index in [1.54, 1.807) is 19.5 Å². The van der Waals surface area contributed by atoms with Gasteiger partial charge in [-0.25, -0.2) is 4.98 Å². The Balaban J connectivity index is 0.00000210. The highest BCUT2D eigenvalue weighted by Crippen LogP contribution is 2.51. The SMILES string of the molecule is CO[C@@]1(c2ccnc(C(N)=O)c2)[C@@H]2CCC[C@H]1CN(Cc1ncc[nH]1)C2.Cl. The van der Waals surface area contributed by atoms with Crippen molar-refractivity contribution in [3.05, 3.63) is 47.8 Å². The summed E-state index contributed by atoms with van der Waals surface area (Å²) in [5.41, 5.74) is 6.39. The maximum absolute atomic E-state index is 11.6. The molecule has 1 aliphatic carbocycles. The minimum Gasteiger partial charge on any atom is -0.373 e. The number of piperidine rings is 1. The lowest BCUT2D eigenvalue weighted by Gasteiger charge is -2.55. The fourth-order valence-electron chi connectivity index (χ4n) is 4.98. The Morgan fingerprint density at radius 2 is 2.07 bits per heavy atom. The number of H-pyrrole nitrogens is 1. The van der Waals surface area contributed by atoms with E-state index in [4.69, 9.17) is 10.5 Å². The monoisotopic (exact) mass is 391 g/mol. The Bertz CT molecular complexity index is 768. The maximum atomic E-state index is 11.6. The standard InChI is InChI=1S/C19H25N5O2.ClH/c1-26-19(13-5-6-21-16(9-13)18(20)25)14-3-2-4-15(19)11-24(10-14)12-17-22-7-8-23-17;/h5-9,14-15H,2-4,10-12H2,1H3,(H2,20,25)(H,22,23);1H/t14-,15+,19+;. The number of halogens is 1. The summed E-state index contributed by atoms with van der Waals surface area (Å²) < 4.78 is 6.22. The van der Waals surface area contributed by atoms with E-state index in [0.717, 1.165) is 43.9 Å². The van der Waals surface area contributed by atoms with Crippen molar-refractivity contribution in [3.8, 4) is 0 Å². The number of aromatic amines is 1. The predicted octanol–water partition coefficient (Wildman–Crippen LogP) is 2.10. The van der Waals surface area contributed by atoms with Gasteiger partial charge < -0.3 is 15.5 Å². The van der Waals surface area contributed by atoms with Crippen molar-refractivity contribution in [3.63, 3.8) is 0 Å². The van der Waals surface area contributed by atoms with Crippen LogP contribution in [0, 0.1) is 11.8 Å². The minimum atomic E-state index is -0.501. The number of carbonyl (C=O) groups is 1. The number of likely N-dealkylation sites (tertiary alicyclic amines) is 1. The molecule has 2 aliphatic rings. The van der Waals surface area contributed by atoms with Gasteiger partial charge in [-0.1, -0.05) is 6.42 Å². The van der Waals surface area contributed by atoms with E-state index in [2.05, 4.69) is 19.9 Å². The first kappa shape index (κ1) is 19.8. The molecule has 2 fully saturated rings. The molecule has 1 amide bonds. The van der Waals surface area contributed by atoms with Crippen molar-refractivity contribution < 1.29 is 9.53 Å². The number of hydrogen-bond acceptors (Lipinski definition) is 5. The highest BCUT2D eigenvalue weighted by molar-refractivity contribution is 5.90. The molecule has 1 saturated heterocycles. The summed E-state index contributed by atoms with van der Waals surface area (Å²) >= 11 is 0. The highest BCUT2D eigenvalue weighted by atomic mass is 35.5. The van der Waals surface area contributed by atoms with Gasteiger partial charge in [0.25, 0.3) is 5.91 Å². The predicted molar refractivity (Wildman–Crippen MR) is 103 cm³/mol. The maximum Gasteiger partial charge on any atom is 0.267 e. The molecule has 0 radical (unpaired) electrons. The first-order valence-corrected chi connectivity index (χ1v) is 9.15. The van der Waals surface area contributed by atoms with E-state index in [1.165, 1.54) is 6.42 Å². The molecule has 0 spiro atoms. The van der Waals surface area contributed by atoms with Crippen LogP contribution in [-0.4, -0.2) is 46.0 Å². The second-order valence-corrected chi connectivity index (χ2v) is 7.35. The average molecular weight is 392 g/mol.